The number of aromatic nitrogens is 2. The largest absolute Gasteiger partial charge is 0.485 e. The van der Waals surface area contributed by atoms with E-state index in [1.807, 2.05) is 41.9 Å². The average Bonchev–Trinajstić information content (AvgIpc) is 3.23. The number of carbonyl (C=O) groups is 1. The second-order valence-corrected chi connectivity index (χ2v) is 10.2. The Hall–Kier alpha value is -3.55. The van der Waals surface area contributed by atoms with Crippen LogP contribution in [-0.2, 0) is 13.6 Å². The van der Waals surface area contributed by atoms with Gasteiger partial charge in [0.1, 0.15) is 12.4 Å². The van der Waals surface area contributed by atoms with Gasteiger partial charge in [0, 0.05) is 17.6 Å². The molecule has 3 aromatic carbocycles. The molecule has 1 N–H and O–H groups in total. The summed E-state index contributed by atoms with van der Waals surface area (Å²) in [4.78, 5) is 18.5. The van der Waals surface area contributed by atoms with Crippen LogP contribution in [0.1, 0.15) is 52.2 Å². The second kappa shape index (κ2) is 9.72. The van der Waals surface area contributed by atoms with Crippen LogP contribution in [0.5, 0.6) is 11.5 Å². The first kappa shape index (κ1) is 23.8. The van der Waals surface area contributed by atoms with Crippen LogP contribution in [0, 0.1) is 0 Å². The van der Waals surface area contributed by atoms with Gasteiger partial charge in [0.05, 0.1) is 23.1 Å². The van der Waals surface area contributed by atoms with Gasteiger partial charge in [-0.2, -0.15) is 0 Å². The smallest absolute Gasteiger partial charge is 0.335 e. The molecule has 1 aromatic heterocycles. The lowest BCUT2D eigenvalue weighted by molar-refractivity contribution is 0.0697. The molecule has 0 bridgehead atoms. The summed E-state index contributed by atoms with van der Waals surface area (Å²) in [5, 5.41) is 10.0. The lowest BCUT2D eigenvalue weighted by atomic mass is 9.88. The summed E-state index contributed by atoms with van der Waals surface area (Å²) in [6.45, 7) is 3.11. The number of aromatic carboxylic acids is 1. The number of carboxylic acid groups (broad SMARTS) is 1. The molecule has 190 valence electrons. The summed E-state index contributed by atoms with van der Waals surface area (Å²) in [5.74, 6) is 2.09. The topological polar surface area (TPSA) is 76.8 Å². The molecular formula is C29H28ClN3O4. The van der Waals surface area contributed by atoms with Crippen molar-refractivity contribution in [2.45, 2.75) is 31.4 Å². The molecule has 2 aliphatic heterocycles. The Labute approximate surface area is 220 Å². The van der Waals surface area contributed by atoms with Gasteiger partial charge in [0.2, 0.25) is 0 Å². The van der Waals surface area contributed by atoms with Crippen molar-refractivity contribution in [3.8, 4) is 11.5 Å². The van der Waals surface area contributed by atoms with E-state index in [-0.39, 0.29) is 11.7 Å². The molecule has 1 saturated heterocycles. The quantitative estimate of drug-likeness (QED) is 0.359. The van der Waals surface area contributed by atoms with Crippen LogP contribution in [0.4, 0.5) is 0 Å². The van der Waals surface area contributed by atoms with E-state index >= 15 is 0 Å². The van der Waals surface area contributed by atoms with Crippen molar-refractivity contribution in [3.05, 3.63) is 88.2 Å². The van der Waals surface area contributed by atoms with Gasteiger partial charge in [-0.05, 0) is 73.8 Å². The van der Waals surface area contributed by atoms with Crippen LogP contribution in [-0.4, -0.2) is 45.2 Å². The SMILES string of the molecule is Cn1c(CN2CCC(c3cccc4c3OCC(c3ccc(Cl)cc3)O4)CC2)nc2ccc(C(=O)O)cc21. The number of piperidine rings is 1. The van der Waals surface area contributed by atoms with Gasteiger partial charge in [-0.3, -0.25) is 4.90 Å². The number of carboxylic acids is 1. The van der Waals surface area contributed by atoms with E-state index in [9.17, 15) is 9.90 Å². The molecule has 0 amide bonds. The van der Waals surface area contributed by atoms with E-state index in [1.165, 1.54) is 5.56 Å². The highest BCUT2D eigenvalue weighted by molar-refractivity contribution is 6.30. The maximum atomic E-state index is 11.4. The van der Waals surface area contributed by atoms with Crippen LogP contribution in [0.3, 0.4) is 0 Å². The summed E-state index contributed by atoms with van der Waals surface area (Å²) in [6.07, 6.45) is 1.89. The van der Waals surface area contributed by atoms with E-state index < -0.39 is 5.97 Å². The van der Waals surface area contributed by atoms with Gasteiger partial charge >= 0.3 is 5.97 Å². The summed E-state index contributed by atoms with van der Waals surface area (Å²) in [5.41, 5.74) is 4.21. The predicted molar refractivity (Wildman–Crippen MR) is 142 cm³/mol. The van der Waals surface area contributed by atoms with Crippen LogP contribution in [0.15, 0.2) is 60.7 Å². The number of benzene rings is 3. The molecule has 0 aliphatic carbocycles. The lowest BCUT2D eigenvalue weighted by Gasteiger charge is -2.34. The third kappa shape index (κ3) is 4.65. The normalized spacial score (nSPS) is 18.3. The minimum atomic E-state index is -0.926. The van der Waals surface area contributed by atoms with Crippen molar-refractivity contribution in [3.63, 3.8) is 0 Å². The molecule has 1 atom stereocenters. The number of nitrogens with zero attached hydrogens (tertiary/aromatic N) is 3. The van der Waals surface area contributed by atoms with Crippen molar-refractivity contribution in [1.29, 1.82) is 0 Å². The van der Waals surface area contributed by atoms with Crippen LogP contribution < -0.4 is 9.47 Å². The summed E-state index contributed by atoms with van der Waals surface area (Å²) in [7, 11) is 1.95. The molecule has 6 rings (SSSR count). The zero-order valence-electron chi connectivity index (χ0n) is 20.6. The number of fused-ring (bicyclic) bond motifs is 2. The van der Waals surface area contributed by atoms with E-state index in [0.29, 0.717) is 17.5 Å². The maximum Gasteiger partial charge on any atom is 0.335 e. The van der Waals surface area contributed by atoms with Gasteiger partial charge in [0.15, 0.2) is 17.6 Å². The number of likely N-dealkylation sites (tertiary alicyclic amines) is 1. The lowest BCUT2D eigenvalue weighted by Crippen LogP contribution is -2.33. The first-order chi connectivity index (χ1) is 18.0. The van der Waals surface area contributed by atoms with E-state index in [0.717, 1.165) is 66.4 Å². The van der Waals surface area contributed by atoms with Crippen molar-refractivity contribution in [2.24, 2.45) is 7.05 Å². The average molecular weight is 518 g/mol. The standard InChI is InChI=1S/C29H28ClN3O4/c1-32-24-15-20(29(34)35)7-10-23(24)31-27(32)16-33-13-11-18(12-14-33)22-3-2-4-25-28(22)36-17-26(37-25)19-5-8-21(30)9-6-19/h2-10,15,18,26H,11-14,16-17H2,1H3,(H,34,35). The molecule has 0 spiro atoms. The number of rotatable bonds is 5. The summed E-state index contributed by atoms with van der Waals surface area (Å²) >= 11 is 6.04. The monoisotopic (exact) mass is 517 g/mol. The minimum absolute atomic E-state index is 0.151. The van der Waals surface area contributed by atoms with Gasteiger partial charge < -0.3 is 19.1 Å². The molecule has 0 saturated carbocycles. The third-order valence-corrected chi connectivity index (χ3v) is 7.76. The molecule has 4 aromatic rings. The molecule has 37 heavy (non-hydrogen) atoms. The Morgan fingerprint density at radius 2 is 1.89 bits per heavy atom. The van der Waals surface area contributed by atoms with Crippen LogP contribution >= 0.6 is 11.6 Å². The number of imidazole rings is 1. The van der Waals surface area contributed by atoms with E-state index in [4.69, 9.17) is 26.1 Å². The molecule has 1 fully saturated rings. The number of hydrogen-bond acceptors (Lipinski definition) is 5. The highest BCUT2D eigenvalue weighted by Crippen LogP contribution is 2.44. The molecule has 2 aliphatic rings. The zero-order valence-corrected chi connectivity index (χ0v) is 21.3. The van der Waals surface area contributed by atoms with Crippen molar-refractivity contribution >= 4 is 28.6 Å². The second-order valence-electron chi connectivity index (χ2n) is 9.79. The fourth-order valence-electron chi connectivity index (χ4n) is 5.41. The number of halogens is 1. The third-order valence-electron chi connectivity index (χ3n) is 7.51. The highest BCUT2D eigenvalue weighted by atomic mass is 35.5. The number of ether oxygens (including phenoxy) is 2. The fourth-order valence-corrected chi connectivity index (χ4v) is 5.53. The Kier molecular flexibility index (Phi) is 6.26. The maximum absolute atomic E-state index is 11.4. The Morgan fingerprint density at radius 3 is 2.65 bits per heavy atom. The predicted octanol–water partition coefficient (Wildman–Crippen LogP) is 5.82. The summed E-state index contributed by atoms with van der Waals surface area (Å²) < 4.78 is 14.6. The number of aryl methyl sites for hydroxylation is 1. The van der Waals surface area contributed by atoms with Crippen molar-refractivity contribution in [1.82, 2.24) is 14.5 Å². The molecule has 0 radical (unpaired) electrons. The van der Waals surface area contributed by atoms with Crippen molar-refractivity contribution in [2.75, 3.05) is 19.7 Å². The minimum Gasteiger partial charge on any atom is -0.485 e. The first-order valence-electron chi connectivity index (χ1n) is 12.5. The molecule has 8 heteroatoms. The van der Waals surface area contributed by atoms with E-state index in [1.54, 1.807) is 18.2 Å². The fraction of sp³-hybridized carbons (Fsp3) is 0.310. The van der Waals surface area contributed by atoms with Crippen molar-refractivity contribution < 1.29 is 19.4 Å². The molecule has 3 heterocycles. The first-order valence-corrected chi connectivity index (χ1v) is 12.9. The van der Waals surface area contributed by atoms with Gasteiger partial charge in [-0.25, -0.2) is 9.78 Å². The van der Waals surface area contributed by atoms with Gasteiger partial charge in [-0.15, -0.1) is 0 Å². The van der Waals surface area contributed by atoms with Crippen LogP contribution in [0.25, 0.3) is 11.0 Å². The molecular weight excluding hydrogens is 490 g/mol. The Balaban J connectivity index is 1.13. The Bertz CT molecular complexity index is 1460. The Morgan fingerprint density at radius 1 is 1.11 bits per heavy atom. The summed E-state index contributed by atoms with van der Waals surface area (Å²) in [6, 6.07) is 19.0. The number of para-hydroxylation sites is 1. The molecule has 7 nitrogen and oxygen atoms in total. The molecule has 1 unspecified atom stereocenters. The highest BCUT2D eigenvalue weighted by Gasteiger charge is 2.29. The zero-order chi connectivity index (χ0) is 25.5. The number of hydrogen-bond donors (Lipinski definition) is 1. The van der Waals surface area contributed by atoms with E-state index in [2.05, 4.69) is 17.0 Å². The van der Waals surface area contributed by atoms with Gasteiger partial charge in [-0.1, -0.05) is 35.9 Å². The van der Waals surface area contributed by atoms with Gasteiger partial charge in [0.25, 0.3) is 0 Å². The van der Waals surface area contributed by atoms with Crippen LogP contribution in [0.2, 0.25) is 5.02 Å².